The van der Waals surface area contributed by atoms with Gasteiger partial charge in [-0.1, -0.05) is 36.7 Å². The van der Waals surface area contributed by atoms with E-state index in [9.17, 15) is 15.0 Å². The van der Waals surface area contributed by atoms with Crippen LogP contribution in [0, 0.1) is 0 Å². The number of piperidine rings is 1. The number of fused-ring (bicyclic) bond motifs is 2. The van der Waals surface area contributed by atoms with Crippen LogP contribution in [0.1, 0.15) is 76.7 Å². The lowest BCUT2D eigenvalue weighted by molar-refractivity contribution is 0.0691. The Hall–Kier alpha value is -3.99. The van der Waals surface area contributed by atoms with Crippen molar-refractivity contribution in [3.63, 3.8) is 0 Å². The standard InChI is InChI=1S/C33H34ClFN4O5/c1-3-22(40)17-39-29(36-26-9-10-27(33(41)42)37-32(26)39)18-38-13-11-19(12-14-38)23-6-4-5-20-15-25(35)31(44-30(20)23)24-8-7-21(34)16-28(24)43-2/h4-10,15-16,19,22,31,40H,3,11-14,17-18H2,1-2H3,(H,41,42)/t22-,31-/m0/s1/i2D3,31D. The molecular weight excluding hydrogens is 587 g/mol. The summed E-state index contributed by atoms with van der Waals surface area (Å²) in [6.45, 7) is 3.90. The molecule has 0 saturated carbocycles. The van der Waals surface area contributed by atoms with E-state index >= 15 is 4.39 Å². The molecule has 0 radical (unpaired) electrons. The Morgan fingerprint density at radius 2 is 2.05 bits per heavy atom. The van der Waals surface area contributed by atoms with Crippen molar-refractivity contribution in [2.24, 2.45) is 0 Å². The number of rotatable bonds is 9. The summed E-state index contributed by atoms with van der Waals surface area (Å²) in [5.74, 6) is -1.32. The molecule has 2 aromatic heterocycles. The van der Waals surface area contributed by atoms with Crippen LogP contribution in [0.5, 0.6) is 11.5 Å². The van der Waals surface area contributed by atoms with Crippen molar-refractivity contribution in [2.75, 3.05) is 20.1 Å². The van der Waals surface area contributed by atoms with E-state index < -0.39 is 31.0 Å². The van der Waals surface area contributed by atoms with Crippen LogP contribution in [0.25, 0.3) is 17.2 Å². The van der Waals surface area contributed by atoms with Crippen LogP contribution in [-0.4, -0.2) is 61.8 Å². The quantitative estimate of drug-likeness (QED) is 0.221. The predicted octanol–water partition coefficient (Wildman–Crippen LogP) is 6.39. The zero-order chi connectivity index (χ0) is 34.4. The number of aromatic nitrogens is 3. The fraction of sp³-hybridized carbons (Fsp3) is 0.364. The molecule has 4 heterocycles. The first kappa shape index (κ1) is 25.3. The normalized spacial score (nSPS) is 21.3. The molecule has 2 aliphatic rings. The first-order valence-corrected chi connectivity index (χ1v) is 14.8. The van der Waals surface area contributed by atoms with E-state index in [0.29, 0.717) is 67.2 Å². The number of halogens is 2. The Labute approximate surface area is 265 Å². The van der Waals surface area contributed by atoms with Crippen molar-refractivity contribution in [3.8, 4) is 11.5 Å². The Morgan fingerprint density at radius 1 is 1.23 bits per heavy atom. The topological polar surface area (TPSA) is 110 Å². The van der Waals surface area contributed by atoms with Crippen LogP contribution < -0.4 is 9.47 Å². The summed E-state index contributed by atoms with van der Waals surface area (Å²) < 4.78 is 60.5. The molecular formula is C33H34ClFN4O5. The van der Waals surface area contributed by atoms with Gasteiger partial charge < -0.3 is 24.3 Å². The fourth-order valence-corrected chi connectivity index (χ4v) is 6.02. The SMILES string of the molecule is [2H]C([2H])([2H])Oc1cc(Cl)ccc1[C@]1([2H])Oc2c(cccc2C2CCN(Cc3nc4ccc(C(=O)O)nc4n3C[C@@H](O)CC)CC2)C=C1F. The number of nitrogens with zero attached hydrogens (tertiary/aromatic N) is 4. The van der Waals surface area contributed by atoms with Crippen LogP contribution in [0.4, 0.5) is 4.39 Å². The van der Waals surface area contributed by atoms with Crippen molar-refractivity contribution in [2.45, 2.75) is 57.4 Å². The summed E-state index contributed by atoms with van der Waals surface area (Å²) >= 11 is 6.09. The maximum atomic E-state index is 15.7. The van der Waals surface area contributed by atoms with Crippen LogP contribution in [0.3, 0.4) is 0 Å². The lowest BCUT2D eigenvalue weighted by Crippen LogP contribution is -2.34. The Morgan fingerprint density at radius 3 is 2.80 bits per heavy atom. The molecule has 6 rings (SSSR count). The third-order valence-corrected chi connectivity index (χ3v) is 8.46. The molecule has 230 valence electrons. The molecule has 0 bridgehead atoms. The molecule has 2 aliphatic heterocycles. The second-order valence-corrected chi connectivity index (χ2v) is 11.5. The summed E-state index contributed by atoms with van der Waals surface area (Å²) in [6.07, 6.45) is 0.105. The van der Waals surface area contributed by atoms with Crippen molar-refractivity contribution < 1.29 is 34.4 Å². The number of aliphatic hydroxyl groups excluding tert-OH is 1. The first-order valence-electron chi connectivity index (χ1n) is 16.4. The number of likely N-dealkylation sites (tertiary alicyclic amines) is 1. The Kier molecular flexibility index (Phi) is 7.23. The van der Waals surface area contributed by atoms with E-state index in [4.69, 9.17) is 31.5 Å². The van der Waals surface area contributed by atoms with Gasteiger partial charge in [-0.05, 0) is 80.2 Å². The molecule has 0 spiro atoms. The van der Waals surface area contributed by atoms with Crippen molar-refractivity contribution in [1.82, 2.24) is 19.4 Å². The van der Waals surface area contributed by atoms with E-state index in [0.717, 1.165) is 5.56 Å². The zero-order valence-electron chi connectivity index (χ0n) is 28.0. The largest absolute Gasteiger partial charge is 0.496 e. The van der Waals surface area contributed by atoms with Crippen LogP contribution in [0.15, 0.2) is 54.4 Å². The van der Waals surface area contributed by atoms with E-state index in [1.54, 1.807) is 16.7 Å². The van der Waals surface area contributed by atoms with Gasteiger partial charge in [0.25, 0.3) is 0 Å². The number of hydrogen-bond donors (Lipinski definition) is 2. The average Bonchev–Trinajstić information content (AvgIpc) is 3.36. The number of imidazole rings is 1. The maximum absolute atomic E-state index is 15.7. The fourth-order valence-electron chi connectivity index (χ4n) is 5.85. The highest BCUT2D eigenvalue weighted by molar-refractivity contribution is 6.30. The molecule has 1 saturated heterocycles. The molecule has 4 aromatic rings. The van der Waals surface area contributed by atoms with Crippen LogP contribution in [-0.2, 0) is 13.1 Å². The summed E-state index contributed by atoms with van der Waals surface area (Å²) in [4.78, 5) is 22.8. The number of hydrogen-bond acceptors (Lipinski definition) is 7. The number of aliphatic hydroxyl groups is 1. The van der Waals surface area contributed by atoms with Crippen LogP contribution >= 0.6 is 11.6 Å². The number of methoxy groups -OCH3 is 1. The molecule has 2 N–H and O–H groups in total. The molecule has 44 heavy (non-hydrogen) atoms. The van der Waals surface area contributed by atoms with Gasteiger partial charge in [0, 0.05) is 16.1 Å². The summed E-state index contributed by atoms with van der Waals surface area (Å²) in [5, 5.41) is 20.1. The van der Waals surface area contributed by atoms with Gasteiger partial charge in [0.15, 0.2) is 17.4 Å². The zero-order valence-corrected chi connectivity index (χ0v) is 24.7. The van der Waals surface area contributed by atoms with E-state index in [1.807, 2.05) is 19.1 Å². The highest BCUT2D eigenvalue weighted by Gasteiger charge is 2.32. The number of carboxylic acid groups (broad SMARTS) is 1. The number of carboxylic acids is 1. The lowest BCUT2D eigenvalue weighted by Gasteiger charge is -2.34. The third-order valence-electron chi connectivity index (χ3n) is 8.22. The van der Waals surface area contributed by atoms with Gasteiger partial charge >= 0.3 is 5.97 Å². The van der Waals surface area contributed by atoms with Gasteiger partial charge in [0.05, 0.1) is 31.7 Å². The van der Waals surface area contributed by atoms with Gasteiger partial charge in [-0.2, -0.15) is 0 Å². The molecule has 0 amide bonds. The second-order valence-electron chi connectivity index (χ2n) is 11.0. The number of para-hydroxylation sites is 1. The van der Waals surface area contributed by atoms with E-state index in [-0.39, 0.29) is 34.5 Å². The Bertz CT molecular complexity index is 1900. The second kappa shape index (κ2) is 12.6. The highest BCUT2D eigenvalue weighted by Crippen LogP contribution is 2.46. The highest BCUT2D eigenvalue weighted by atomic mass is 35.5. The lowest BCUT2D eigenvalue weighted by atomic mass is 9.86. The minimum absolute atomic E-state index is 0.0128. The summed E-state index contributed by atoms with van der Waals surface area (Å²) in [5.41, 5.74) is 2.01. The molecule has 1 fully saturated rings. The first-order chi connectivity index (χ1) is 22.8. The minimum atomic E-state index is -2.86. The maximum Gasteiger partial charge on any atom is 0.354 e. The average molecular weight is 625 g/mol. The van der Waals surface area contributed by atoms with E-state index in [2.05, 4.69) is 9.88 Å². The summed E-state index contributed by atoms with van der Waals surface area (Å²) in [6, 6.07) is 12.4. The molecule has 2 atom stereocenters. The molecule has 2 aromatic carbocycles. The van der Waals surface area contributed by atoms with Gasteiger partial charge in [-0.25, -0.2) is 19.2 Å². The molecule has 0 unspecified atom stereocenters. The smallest absolute Gasteiger partial charge is 0.354 e. The van der Waals surface area contributed by atoms with Gasteiger partial charge in [0.2, 0.25) is 0 Å². The number of aromatic carboxylic acids is 1. The van der Waals surface area contributed by atoms with Crippen molar-refractivity contribution >= 4 is 34.8 Å². The van der Waals surface area contributed by atoms with Crippen molar-refractivity contribution in [3.05, 3.63) is 87.6 Å². The number of ether oxygens (including phenoxy) is 2. The Balaban J connectivity index is 1.24. The molecule has 11 heteroatoms. The molecule has 0 aliphatic carbocycles. The van der Waals surface area contributed by atoms with Gasteiger partial charge in [-0.3, -0.25) is 4.90 Å². The van der Waals surface area contributed by atoms with E-state index in [1.165, 1.54) is 30.3 Å². The van der Waals surface area contributed by atoms with Gasteiger partial charge in [-0.15, -0.1) is 0 Å². The number of pyridine rings is 1. The monoisotopic (exact) mass is 624 g/mol. The minimum Gasteiger partial charge on any atom is -0.496 e. The van der Waals surface area contributed by atoms with Crippen LogP contribution in [0.2, 0.25) is 5.02 Å². The number of benzene rings is 2. The van der Waals surface area contributed by atoms with Crippen molar-refractivity contribution in [1.29, 1.82) is 0 Å². The predicted molar refractivity (Wildman–Crippen MR) is 165 cm³/mol. The molecule has 9 nitrogen and oxygen atoms in total. The summed E-state index contributed by atoms with van der Waals surface area (Å²) in [7, 11) is -2.86. The third kappa shape index (κ3) is 5.89. The number of carbonyl (C=O) groups is 1. The van der Waals surface area contributed by atoms with Gasteiger partial charge in [0.1, 0.15) is 28.7 Å².